The number of anilines is 1. The van der Waals surface area contributed by atoms with Gasteiger partial charge in [0.15, 0.2) is 0 Å². The van der Waals surface area contributed by atoms with E-state index in [0.717, 1.165) is 11.1 Å². The lowest BCUT2D eigenvalue weighted by molar-refractivity contribution is 0.383. The average Bonchev–Trinajstić information content (AvgIpc) is 2.83. The molecule has 2 heterocycles. The van der Waals surface area contributed by atoms with Crippen LogP contribution in [0.4, 0.5) is 6.01 Å². The Labute approximate surface area is 119 Å². The SMILES string of the molecule is Cc1cnccc1CNc1nnc(CNC(C)(C)C)o1. The predicted octanol–water partition coefficient (Wildman–Crippen LogP) is 2.27. The van der Waals surface area contributed by atoms with Gasteiger partial charge in [-0.3, -0.25) is 4.98 Å². The van der Waals surface area contributed by atoms with Gasteiger partial charge in [-0.1, -0.05) is 5.10 Å². The van der Waals surface area contributed by atoms with E-state index in [1.165, 1.54) is 0 Å². The second-order valence-electron chi connectivity index (χ2n) is 5.76. The molecule has 6 nitrogen and oxygen atoms in total. The Kier molecular flexibility index (Phi) is 4.34. The van der Waals surface area contributed by atoms with Crippen LogP contribution in [-0.4, -0.2) is 20.7 Å². The molecule has 0 spiro atoms. The zero-order valence-electron chi connectivity index (χ0n) is 12.4. The van der Waals surface area contributed by atoms with Crippen molar-refractivity contribution >= 4 is 6.01 Å². The van der Waals surface area contributed by atoms with Crippen molar-refractivity contribution in [1.82, 2.24) is 20.5 Å². The highest BCUT2D eigenvalue weighted by Gasteiger charge is 2.12. The third-order valence-electron chi connectivity index (χ3n) is 2.80. The summed E-state index contributed by atoms with van der Waals surface area (Å²) >= 11 is 0. The number of pyridine rings is 1. The molecule has 0 bridgehead atoms. The minimum absolute atomic E-state index is 0.0240. The van der Waals surface area contributed by atoms with Crippen LogP contribution in [-0.2, 0) is 13.1 Å². The Morgan fingerprint density at radius 1 is 1.20 bits per heavy atom. The zero-order chi connectivity index (χ0) is 14.6. The molecule has 0 aromatic carbocycles. The molecule has 0 aliphatic carbocycles. The smallest absolute Gasteiger partial charge is 0.315 e. The van der Waals surface area contributed by atoms with E-state index in [-0.39, 0.29) is 5.54 Å². The molecule has 6 heteroatoms. The molecular weight excluding hydrogens is 254 g/mol. The van der Waals surface area contributed by atoms with Gasteiger partial charge in [0.25, 0.3) is 0 Å². The Balaban J connectivity index is 1.89. The lowest BCUT2D eigenvalue weighted by atomic mass is 10.1. The Morgan fingerprint density at radius 3 is 2.70 bits per heavy atom. The van der Waals surface area contributed by atoms with Gasteiger partial charge in [-0.15, -0.1) is 5.10 Å². The molecule has 0 amide bonds. The Morgan fingerprint density at radius 2 is 2.00 bits per heavy atom. The summed E-state index contributed by atoms with van der Waals surface area (Å²) in [6, 6.07) is 2.41. The number of hydrogen-bond donors (Lipinski definition) is 2. The van der Waals surface area contributed by atoms with Crippen molar-refractivity contribution in [1.29, 1.82) is 0 Å². The Bertz CT molecular complexity index is 559. The van der Waals surface area contributed by atoms with Crippen LogP contribution in [0.15, 0.2) is 22.9 Å². The monoisotopic (exact) mass is 275 g/mol. The van der Waals surface area contributed by atoms with E-state index in [1.54, 1.807) is 6.20 Å². The van der Waals surface area contributed by atoms with Crippen molar-refractivity contribution < 1.29 is 4.42 Å². The van der Waals surface area contributed by atoms with Crippen LogP contribution in [0.25, 0.3) is 0 Å². The number of hydrogen-bond acceptors (Lipinski definition) is 6. The topological polar surface area (TPSA) is 75.9 Å². The number of nitrogens with zero attached hydrogens (tertiary/aromatic N) is 3. The highest BCUT2D eigenvalue weighted by atomic mass is 16.4. The highest BCUT2D eigenvalue weighted by molar-refractivity contribution is 5.27. The van der Waals surface area contributed by atoms with Crippen LogP contribution in [0.2, 0.25) is 0 Å². The van der Waals surface area contributed by atoms with Crippen molar-refractivity contribution in [2.45, 2.75) is 46.3 Å². The van der Waals surface area contributed by atoms with Crippen LogP contribution < -0.4 is 10.6 Å². The molecule has 2 rings (SSSR count). The maximum absolute atomic E-state index is 5.53. The summed E-state index contributed by atoms with van der Waals surface area (Å²) in [6.07, 6.45) is 3.61. The molecule has 0 atom stereocenters. The normalized spacial score (nSPS) is 11.6. The van der Waals surface area contributed by atoms with Gasteiger partial charge in [0.05, 0.1) is 6.54 Å². The van der Waals surface area contributed by atoms with Gasteiger partial charge in [-0.05, 0) is 44.9 Å². The third kappa shape index (κ3) is 4.31. The predicted molar refractivity (Wildman–Crippen MR) is 77.2 cm³/mol. The first-order chi connectivity index (χ1) is 9.44. The quantitative estimate of drug-likeness (QED) is 0.872. The molecule has 0 saturated heterocycles. The first kappa shape index (κ1) is 14.5. The third-order valence-corrected chi connectivity index (χ3v) is 2.80. The molecule has 0 radical (unpaired) electrons. The van der Waals surface area contributed by atoms with Gasteiger partial charge in [-0.2, -0.15) is 0 Å². The van der Waals surface area contributed by atoms with Crippen molar-refractivity contribution in [3.63, 3.8) is 0 Å². The Hall–Kier alpha value is -1.95. The number of aromatic nitrogens is 3. The summed E-state index contributed by atoms with van der Waals surface area (Å²) in [6.45, 7) is 9.50. The largest absolute Gasteiger partial charge is 0.407 e. The van der Waals surface area contributed by atoms with E-state index in [0.29, 0.717) is 25.0 Å². The number of aryl methyl sites for hydroxylation is 1. The summed E-state index contributed by atoms with van der Waals surface area (Å²) in [4.78, 5) is 4.06. The molecule has 2 aromatic rings. The van der Waals surface area contributed by atoms with E-state index in [9.17, 15) is 0 Å². The molecule has 2 N–H and O–H groups in total. The molecule has 0 saturated carbocycles. The van der Waals surface area contributed by atoms with Gasteiger partial charge in [0.1, 0.15) is 0 Å². The zero-order valence-corrected chi connectivity index (χ0v) is 12.4. The first-order valence-corrected chi connectivity index (χ1v) is 6.65. The minimum atomic E-state index is 0.0240. The molecule has 0 aliphatic rings. The van der Waals surface area contributed by atoms with Crippen LogP contribution >= 0.6 is 0 Å². The van der Waals surface area contributed by atoms with E-state index in [1.807, 2.05) is 19.2 Å². The summed E-state index contributed by atoms with van der Waals surface area (Å²) in [5, 5.41) is 14.4. The van der Waals surface area contributed by atoms with Crippen molar-refractivity contribution in [2.75, 3.05) is 5.32 Å². The fourth-order valence-electron chi connectivity index (χ4n) is 1.61. The van der Waals surface area contributed by atoms with Crippen LogP contribution in [0.3, 0.4) is 0 Å². The van der Waals surface area contributed by atoms with Gasteiger partial charge in [-0.25, -0.2) is 0 Å². The van der Waals surface area contributed by atoms with Gasteiger partial charge in [0.2, 0.25) is 5.89 Å². The fourth-order valence-corrected chi connectivity index (χ4v) is 1.61. The van der Waals surface area contributed by atoms with E-state index in [2.05, 4.69) is 46.6 Å². The molecule has 0 aliphatic heterocycles. The van der Waals surface area contributed by atoms with Gasteiger partial charge < -0.3 is 15.1 Å². The van der Waals surface area contributed by atoms with Gasteiger partial charge >= 0.3 is 6.01 Å². The van der Waals surface area contributed by atoms with Crippen molar-refractivity contribution in [3.8, 4) is 0 Å². The highest BCUT2D eigenvalue weighted by Crippen LogP contribution is 2.11. The molecule has 20 heavy (non-hydrogen) atoms. The number of nitrogens with one attached hydrogen (secondary N) is 2. The second kappa shape index (κ2) is 6.00. The standard InChI is InChI=1S/C14H21N5O/c1-10-7-15-6-5-11(10)8-16-13-19-18-12(20-13)9-17-14(2,3)4/h5-7,17H,8-9H2,1-4H3,(H,16,19). The van der Waals surface area contributed by atoms with Gasteiger partial charge in [0, 0.05) is 24.5 Å². The fraction of sp³-hybridized carbons (Fsp3) is 0.500. The maximum Gasteiger partial charge on any atom is 0.315 e. The van der Waals surface area contributed by atoms with Crippen LogP contribution in [0, 0.1) is 6.92 Å². The minimum Gasteiger partial charge on any atom is -0.407 e. The van der Waals surface area contributed by atoms with Crippen molar-refractivity contribution in [3.05, 3.63) is 35.5 Å². The summed E-state index contributed by atoms with van der Waals surface area (Å²) in [5.74, 6) is 0.578. The second-order valence-corrected chi connectivity index (χ2v) is 5.76. The maximum atomic E-state index is 5.53. The summed E-state index contributed by atoms with van der Waals surface area (Å²) in [5.41, 5.74) is 2.32. The first-order valence-electron chi connectivity index (χ1n) is 6.65. The van der Waals surface area contributed by atoms with Crippen molar-refractivity contribution in [2.24, 2.45) is 0 Å². The van der Waals surface area contributed by atoms with E-state index in [4.69, 9.17) is 4.42 Å². The van der Waals surface area contributed by atoms with E-state index < -0.39 is 0 Å². The average molecular weight is 275 g/mol. The lowest BCUT2D eigenvalue weighted by Crippen LogP contribution is -2.35. The number of rotatable bonds is 5. The lowest BCUT2D eigenvalue weighted by Gasteiger charge is -2.18. The molecular formula is C14H21N5O. The van der Waals surface area contributed by atoms with Crippen LogP contribution in [0.1, 0.15) is 37.8 Å². The van der Waals surface area contributed by atoms with E-state index >= 15 is 0 Å². The summed E-state index contributed by atoms with van der Waals surface area (Å²) < 4.78 is 5.53. The molecule has 0 fully saturated rings. The molecule has 2 aromatic heterocycles. The molecule has 0 unspecified atom stereocenters. The van der Waals surface area contributed by atoms with Crippen LogP contribution in [0.5, 0.6) is 0 Å². The summed E-state index contributed by atoms with van der Waals surface area (Å²) in [7, 11) is 0. The molecule has 108 valence electrons.